The number of ether oxygens (including phenoxy) is 1. The summed E-state index contributed by atoms with van der Waals surface area (Å²) >= 11 is 0. The van der Waals surface area contributed by atoms with Crippen LogP contribution in [0.2, 0.25) is 0 Å². The first-order valence-corrected chi connectivity index (χ1v) is 11.4. The third-order valence-electron chi connectivity index (χ3n) is 4.13. The number of hydrogen-bond donors (Lipinski definition) is 2. The van der Waals surface area contributed by atoms with Crippen molar-refractivity contribution in [1.29, 1.82) is 0 Å². The van der Waals surface area contributed by atoms with Crippen molar-refractivity contribution in [2.45, 2.75) is 103 Å². The average molecular weight is 396 g/mol. The van der Waals surface area contributed by atoms with Crippen LogP contribution >= 0.6 is 7.82 Å². The zero-order valence-corrected chi connectivity index (χ0v) is 17.3. The molecule has 156 valence electrons. The van der Waals surface area contributed by atoms with Gasteiger partial charge in [0.25, 0.3) is 0 Å². The topological polar surface area (TPSA) is 102 Å². The number of hydrogen-bond acceptors (Lipinski definition) is 6. The molecule has 0 saturated carbocycles. The van der Waals surface area contributed by atoms with Gasteiger partial charge < -0.3 is 9.63 Å². The van der Waals surface area contributed by atoms with Gasteiger partial charge in [0.15, 0.2) is 0 Å². The molecular weight excluding hydrogens is 359 g/mol. The van der Waals surface area contributed by atoms with Crippen LogP contribution in [0, 0.1) is 0 Å². The summed E-state index contributed by atoms with van der Waals surface area (Å²) in [5.74, 6) is -0.356. The number of carbonyl (C=O) groups excluding carboxylic acids is 1. The van der Waals surface area contributed by atoms with E-state index in [2.05, 4.69) is 16.1 Å². The summed E-state index contributed by atoms with van der Waals surface area (Å²) in [5.41, 5.74) is 0. The molecule has 26 heavy (non-hydrogen) atoms. The fraction of sp³-hybridized carbons (Fsp3) is 0.944. The van der Waals surface area contributed by atoms with Crippen molar-refractivity contribution in [2.75, 3.05) is 6.61 Å². The number of unbranched alkanes of at least 4 members (excludes halogenated alkanes) is 11. The molecule has 7 nitrogen and oxygen atoms in total. The fourth-order valence-corrected chi connectivity index (χ4v) is 3.22. The third-order valence-corrected chi connectivity index (χ3v) is 4.96. The molecule has 0 radical (unpaired) electrons. The molecule has 0 spiro atoms. The summed E-state index contributed by atoms with van der Waals surface area (Å²) in [6, 6.07) is 0. The first-order valence-electron chi connectivity index (χ1n) is 9.91. The minimum atomic E-state index is -4.47. The van der Waals surface area contributed by atoms with Crippen LogP contribution in [0.3, 0.4) is 0 Å². The van der Waals surface area contributed by atoms with Crippen LogP contribution in [-0.2, 0) is 23.3 Å². The Morgan fingerprint density at radius 2 is 1.38 bits per heavy atom. The van der Waals surface area contributed by atoms with Gasteiger partial charge in [-0.05, 0) is 13.3 Å². The van der Waals surface area contributed by atoms with Gasteiger partial charge in [0.05, 0.1) is 0 Å². The molecule has 0 bridgehead atoms. The van der Waals surface area contributed by atoms with E-state index in [1.54, 1.807) is 0 Å². The van der Waals surface area contributed by atoms with E-state index in [4.69, 9.17) is 14.9 Å². The Morgan fingerprint density at radius 1 is 0.923 bits per heavy atom. The molecule has 0 rings (SSSR count). The predicted molar refractivity (Wildman–Crippen MR) is 101 cm³/mol. The lowest BCUT2D eigenvalue weighted by Gasteiger charge is -2.14. The lowest BCUT2D eigenvalue weighted by atomic mass is 10.0. The molecule has 2 atom stereocenters. The van der Waals surface area contributed by atoms with Crippen LogP contribution < -0.4 is 0 Å². The summed E-state index contributed by atoms with van der Waals surface area (Å²) < 4.78 is 23.7. The normalized spacial score (nSPS) is 14.8. The molecule has 0 aromatic rings. The lowest BCUT2D eigenvalue weighted by Crippen LogP contribution is -2.18. The van der Waals surface area contributed by atoms with Gasteiger partial charge in [0.1, 0.15) is 12.7 Å². The number of carbonyl (C=O) groups is 1. The van der Waals surface area contributed by atoms with E-state index in [0.29, 0.717) is 6.42 Å². The highest BCUT2D eigenvalue weighted by Crippen LogP contribution is 2.43. The summed E-state index contributed by atoms with van der Waals surface area (Å²) in [5, 5.41) is 8.15. The number of esters is 1. The lowest BCUT2D eigenvalue weighted by molar-refractivity contribution is -0.168. The molecule has 0 aliphatic heterocycles. The van der Waals surface area contributed by atoms with Gasteiger partial charge in [-0.25, -0.2) is 9.82 Å². The smallest absolute Gasteiger partial charge is 0.463 e. The van der Waals surface area contributed by atoms with Crippen molar-refractivity contribution in [3.63, 3.8) is 0 Å². The molecule has 0 amide bonds. The molecule has 8 heteroatoms. The van der Waals surface area contributed by atoms with Crippen LogP contribution in [0.1, 0.15) is 97.3 Å². The van der Waals surface area contributed by atoms with Crippen LogP contribution in [0.25, 0.3) is 0 Å². The van der Waals surface area contributed by atoms with Crippen molar-refractivity contribution in [3.05, 3.63) is 0 Å². The summed E-state index contributed by atoms with van der Waals surface area (Å²) in [6.45, 7) is 3.52. The highest BCUT2D eigenvalue weighted by Gasteiger charge is 2.25. The maximum absolute atomic E-state index is 11.6. The highest BCUT2D eigenvalue weighted by atomic mass is 31.2. The van der Waals surface area contributed by atoms with E-state index in [-0.39, 0.29) is 12.6 Å². The third kappa shape index (κ3) is 17.0. The fourth-order valence-electron chi connectivity index (χ4n) is 2.67. The maximum atomic E-state index is 11.6. The molecule has 2 N–H and O–H groups in total. The Labute approximate surface area is 158 Å². The van der Waals surface area contributed by atoms with E-state index in [9.17, 15) is 9.36 Å². The van der Waals surface area contributed by atoms with Gasteiger partial charge in [-0.1, -0.05) is 77.6 Å². The van der Waals surface area contributed by atoms with Crippen molar-refractivity contribution in [1.82, 2.24) is 0 Å². The Kier molecular flexibility index (Phi) is 16.4. The Balaban J connectivity index is 3.40. The van der Waals surface area contributed by atoms with Crippen molar-refractivity contribution in [2.24, 2.45) is 0 Å². The van der Waals surface area contributed by atoms with Gasteiger partial charge >= 0.3 is 13.8 Å². The van der Waals surface area contributed by atoms with Crippen molar-refractivity contribution >= 4 is 13.8 Å². The van der Waals surface area contributed by atoms with Gasteiger partial charge in [-0.2, -0.15) is 0 Å². The molecule has 0 fully saturated rings. The van der Waals surface area contributed by atoms with E-state index in [1.165, 1.54) is 64.7 Å². The van der Waals surface area contributed by atoms with Crippen molar-refractivity contribution < 1.29 is 33.4 Å². The molecule has 0 saturated heterocycles. The van der Waals surface area contributed by atoms with Crippen LogP contribution in [0.15, 0.2) is 0 Å². The number of phosphoric acid groups is 1. The van der Waals surface area contributed by atoms with E-state index in [1.807, 2.05) is 0 Å². The second-order valence-corrected chi connectivity index (χ2v) is 8.10. The van der Waals surface area contributed by atoms with Gasteiger partial charge in [-0.15, -0.1) is 4.67 Å². The Bertz CT molecular complexity index is 390. The quantitative estimate of drug-likeness (QED) is 0.102. The molecule has 0 aromatic heterocycles. The zero-order valence-electron chi connectivity index (χ0n) is 16.4. The summed E-state index contributed by atoms with van der Waals surface area (Å²) in [4.78, 5) is 20.5. The van der Waals surface area contributed by atoms with E-state index >= 15 is 0 Å². The largest absolute Gasteiger partial charge is 0.499 e. The minimum absolute atomic E-state index is 0.162. The molecular formula is C18H37O7P. The maximum Gasteiger partial charge on any atom is 0.499 e. The van der Waals surface area contributed by atoms with Crippen LogP contribution in [0.4, 0.5) is 0 Å². The monoisotopic (exact) mass is 396 g/mol. The molecule has 0 heterocycles. The van der Waals surface area contributed by atoms with E-state index in [0.717, 1.165) is 19.3 Å². The van der Waals surface area contributed by atoms with Crippen LogP contribution in [-0.4, -0.2) is 28.8 Å². The van der Waals surface area contributed by atoms with Gasteiger partial charge in [0, 0.05) is 6.42 Å². The number of phosphoric ester groups is 1. The zero-order chi connectivity index (χ0) is 19.7. The van der Waals surface area contributed by atoms with Crippen LogP contribution in [0.5, 0.6) is 0 Å². The highest BCUT2D eigenvalue weighted by molar-refractivity contribution is 7.47. The second kappa shape index (κ2) is 16.7. The Morgan fingerprint density at radius 3 is 1.85 bits per heavy atom. The first-order chi connectivity index (χ1) is 12.4. The molecule has 0 aliphatic carbocycles. The molecule has 0 aromatic carbocycles. The number of rotatable bonds is 18. The molecule has 0 aliphatic rings. The van der Waals surface area contributed by atoms with Gasteiger partial charge in [-0.3, -0.25) is 9.32 Å². The Hall–Kier alpha value is -0.460. The standard InChI is InChI=1S/C18H37O7P/c1-3-4-5-6-7-8-9-10-11-12-13-14-15-18(19)23-16-17(2)24-26(21,22)25-20/h17,20H,3-16H2,1-2H3,(H,21,22). The SMILES string of the molecule is CCCCCCCCCCCCCCC(=O)OCC(C)OP(=O)(O)OO. The summed E-state index contributed by atoms with van der Waals surface area (Å²) in [7, 11) is -4.47. The second-order valence-electron chi connectivity index (χ2n) is 6.79. The van der Waals surface area contributed by atoms with Gasteiger partial charge in [0.2, 0.25) is 0 Å². The molecule has 2 unspecified atom stereocenters. The summed E-state index contributed by atoms with van der Waals surface area (Å²) in [6.07, 6.45) is 14.2. The minimum Gasteiger partial charge on any atom is -0.463 e. The average Bonchev–Trinajstić information content (AvgIpc) is 2.60. The first kappa shape index (κ1) is 25.5. The van der Waals surface area contributed by atoms with E-state index < -0.39 is 13.9 Å². The van der Waals surface area contributed by atoms with Crippen molar-refractivity contribution in [3.8, 4) is 0 Å². The predicted octanol–water partition coefficient (Wildman–Crippen LogP) is 5.62.